The molecule has 1 aliphatic rings. The smallest absolute Gasteiger partial charge is 0.254 e. The lowest BCUT2D eigenvalue weighted by atomic mass is 10.1. The first-order chi connectivity index (χ1) is 19.2. The van der Waals surface area contributed by atoms with E-state index in [1.54, 1.807) is 30.2 Å². The standard InChI is InChI=1S/C27H33N9O4/c1-5-22(37)35-9-7-8-19(15-35)36-14-18(12-31-36)32-27-30-13-20(24(28)38)25(34-27)33-23-16(3)10-17(11-21(23)40-4)26(39)29-6-2/h5,10-14,19H,1,6-9,15H2,2-4H3,(H2,28,38)(H,29,39)(H2,30,32,33,34)/t19-/m1/s1. The van der Waals surface area contributed by atoms with Gasteiger partial charge in [-0.25, -0.2) is 4.98 Å². The van der Waals surface area contributed by atoms with Gasteiger partial charge in [-0.05, 0) is 50.5 Å². The third-order valence-electron chi connectivity index (χ3n) is 6.53. The molecular weight excluding hydrogens is 514 g/mol. The number of carbonyl (C=O) groups is 3. The van der Waals surface area contributed by atoms with Gasteiger partial charge in [0.15, 0.2) is 0 Å². The summed E-state index contributed by atoms with van der Waals surface area (Å²) in [5.41, 5.74) is 7.95. The number of nitrogens with two attached hydrogens (primary N) is 1. The number of aromatic nitrogens is 4. The van der Waals surface area contributed by atoms with Crippen LogP contribution in [0.4, 0.5) is 23.1 Å². The van der Waals surface area contributed by atoms with E-state index in [1.807, 2.05) is 17.8 Å². The number of hydrogen-bond acceptors (Lipinski definition) is 9. The maximum absolute atomic E-state index is 12.4. The number of rotatable bonds is 10. The van der Waals surface area contributed by atoms with E-state index in [0.717, 1.165) is 12.8 Å². The van der Waals surface area contributed by atoms with Crippen LogP contribution in [-0.4, -0.2) is 69.1 Å². The van der Waals surface area contributed by atoms with Crippen LogP contribution in [0.5, 0.6) is 5.75 Å². The number of hydrogen-bond donors (Lipinski definition) is 4. The number of nitrogens with one attached hydrogen (secondary N) is 3. The quantitative estimate of drug-likeness (QED) is 0.279. The van der Waals surface area contributed by atoms with Crippen LogP contribution in [0.1, 0.15) is 52.1 Å². The molecule has 40 heavy (non-hydrogen) atoms. The van der Waals surface area contributed by atoms with Crippen molar-refractivity contribution in [1.29, 1.82) is 0 Å². The van der Waals surface area contributed by atoms with Crippen LogP contribution in [-0.2, 0) is 4.79 Å². The van der Waals surface area contributed by atoms with Gasteiger partial charge in [0.25, 0.3) is 11.8 Å². The Kier molecular flexibility index (Phi) is 8.62. The number of carbonyl (C=O) groups excluding carboxylic acids is 3. The average molecular weight is 548 g/mol. The van der Waals surface area contributed by atoms with E-state index in [2.05, 4.69) is 37.6 Å². The van der Waals surface area contributed by atoms with Crippen LogP contribution >= 0.6 is 0 Å². The van der Waals surface area contributed by atoms with Gasteiger partial charge in [0.2, 0.25) is 11.9 Å². The molecule has 1 saturated heterocycles. The predicted octanol–water partition coefficient (Wildman–Crippen LogP) is 2.68. The van der Waals surface area contributed by atoms with Crippen LogP contribution in [0.3, 0.4) is 0 Å². The second kappa shape index (κ2) is 12.3. The molecule has 0 unspecified atom stereocenters. The molecule has 3 amide bonds. The third-order valence-corrected chi connectivity index (χ3v) is 6.53. The summed E-state index contributed by atoms with van der Waals surface area (Å²) in [6.07, 6.45) is 7.87. The molecule has 1 aliphatic heterocycles. The Morgan fingerprint density at radius 2 is 2.05 bits per heavy atom. The zero-order valence-electron chi connectivity index (χ0n) is 22.7. The lowest BCUT2D eigenvalue weighted by molar-refractivity contribution is -0.127. The Labute approximate surface area is 231 Å². The second-order valence-corrected chi connectivity index (χ2v) is 9.29. The van der Waals surface area contributed by atoms with Crippen molar-refractivity contribution in [3.8, 4) is 5.75 Å². The van der Waals surface area contributed by atoms with Gasteiger partial charge in [0.1, 0.15) is 17.1 Å². The number of likely N-dealkylation sites (tertiary alicyclic amines) is 1. The van der Waals surface area contributed by atoms with Gasteiger partial charge in [-0.3, -0.25) is 19.1 Å². The first-order valence-corrected chi connectivity index (χ1v) is 12.9. The van der Waals surface area contributed by atoms with Crippen LogP contribution in [0, 0.1) is 6.92 Å². The number of ether oxygens (including phenoxy) is 1. The number of aryl methyl sites for hydroxylation is 1. The SMILES string of the molecule is C=CC(=O)N1CCC[C@@H](n2cc(Nc3ncc(C(N)=O)c(Nc4c(C)cc(C(=O)NCC)cc4OC)n3)cn2)C1. The first kappa shape index (κ1) is 28.1. The van der Waals surface area contributed by atoms with E-state index >= 15 is 0 Å². The van der Waals surface area contributed by atoms with Crippen molar-refractivity contribution in [3.63, 3.8) is 0 Å². The molecule has 4 rings (SSSR count). The summed E-state index contributed by atoms with van der Waals surface area (Å²) in [7, 11) is 1.49. The average Bonchev–Trinajstić information content (AvgIpc) is 3.42. The normalized spacial score (nSPS) is 14.8. The van der Waals surface area contributed by atoms with Crippen molar-refractivity contribution >= 4 is 40.9 Å². The second-order valence-electron chi connectivity index (χ2n) is 9.29. The number of primary amides is 1. The van der Waals surface area contributed by atoms with Gasteiger partial charge in [-0.1, -0.05) is 6.58 Å². The Morgan fingerprint density at radius 1 is 1.25 bits per heavy atom. The molecule has 1 atom stereocenters. The minimum absolute atomic E-state index is 0.0291. The lowest BCUT2D eigenvalue weighted by Gasteiger charge is -2.32. The van der Waals surface area contributed by atoms with E-state index in [1.165, 1.54) is 19.4 Å². The molecule has 5 N–H and O–H groups in total. The van der Waals surface area contributed by atoms with Crippen LogP contribution in [0.25, 0.3) is 0 Å². The maximum Gasteiger partial charge on any atom is 0.254 e. The monoisotopic (exact) mass is 547 g/mol. The molecule has 13 heteroatoms. The fraction of sp³-hybridized carbons (Fsp3) is 0.333. The Morgan fingerprint density at radius 3 is 2.75 bits per heavy atom. The predicted molar refractivity (Wildman–Crippen MR) is 150 cm³/mol. The van der Waals surface area contributed by atoms with Crippen molar-refractivity contribution in [1.82, 2.24) is 30.0 Å². The van der Waals surface area contributed by atoms with Gasteiger partial charge in [0.05, 0.1) is 30.7 Å². The zero-order chi connectivity index (χ0) is 28.8. The topological polar surface area (TPSA) is 169 Å². The summed E-state index contributed by atoms with van der Waals surface area (Å²) in [5.74, 6) is -0.277. The number of methoxy groups -OCH3 is 1. The maximum atomic E-state index is 12.4. The first-order valence-electron chi connectivity index (χ1n) is 12.9. The van der Waals surface area contributed by atoms with Crippen molar-refractivity contribution in [2.75, 3.05) is 37.4 Å². The molecule has 1 aromatic carbocycles. The number of benzene rings is 1. The van der Waals surface area contributed by atoms with E-state index in [-0.39, 0.29) is 35.2 Å². The van der Waals surface area contributed by atoms with E-state index < -0.39 is 5.91 Å². The van der Waals surface area contributed by atoms with Crippen LogP contribution in [0.15, 0.2) is 43.4 Å². The number of nitrogens with zero attached hydrogens (tertiary/aromatic N) is 5. The molecule has 3 aromatic rings. The molecule has 13 nitrogen and oxygen atoms in total. The molecule has 1 fully saturated rings. The van der Waals surface area contributed by atoms with Crippen molar-refractivity contribution < 1.29 is 19.1 Å². The number of amides is 3. The molecule has 0 aliphatic carbocycles. The molecule has 3 heterocycles. The Bertz CT molecular complexity index is 1440. The van der Waals surface area contributed by atoms with E-state index in [9.17, 15) is 14.4 Å². The summed E-state index contributed by atoms with van der Waals surface area (Å²) in [4.78, 5) is 47.1. The van der Waals surface area contributed by atoms with Crippen molar-refractivity contribution in [2.24, 2.45) is 5.73 Å². The van der Waals surface area contributed by atoms with Crippen LogP contribution in [0.2, 0.25) is 0 Å². The summed E-state index contributed by atoms with van der Waals surface area (Å²) in [6, 6.07) is 3.35. The molecule has 0 spiro atoms. The summed E-state index contributed by atoms with van der Waals surface area (Å²) in [5, 5.41) is 13.5. The largest absolute Gasteiger partial charge is 0.495 e. The summed E-state index contributed by atoms with van der Waals surface area (Å²) < 4.78 is 7.34. The highest BCUT2D eigenvalue weighted by atomic mass is 16.5. The van der Waals surface area contributed by atoms with Crippen molar-refractivity contribution in [3.05, 3.63) is 60.1 Å². The van der Waals surface area contributed by atoms with Gasteiger partial charge < -0.3 is 31.3 Å². The molecule has 0 radical (unpaired) electrons. The van der Waals surface area contributed by atoms with Crippen LogP contribution < -0.4 is 26.4 Å². The highest BCUT2D eigenvalue weighted by molar-refractivity contribution is 5.99. The molecular formula is C27H33N9O4. The van der Waals surface area contributed by atoms with Gasteiger partial charge in [0, 0.05) is 37.6 Å². The lowest BCUT2D eigenvalue weighted by Crippen LogP contribution is -2.39. The van der Waals surface area contributed by atoms with E-state index in [4.69, 9.17) is 10.5 Å². The van der Waals surface area contributed by atoms with Gasteiger partial charge >= 0.3 is 0 Å². The molecule has 0 bridgehead atoms. The fourth-order valence-corrected chi connectivity index (χ4v) is 4.54. The van der Waals surface area contributed by atoms with Gasteiger partial charge in [-0.2, -0.15) is 10.1 Å². The van der Waals surface area contributed by atoms with Gasteiger partial charge in [-0.15, -0.1) is 0 Å². The molecule has 0 saturated carbocycles. The summed E-state index contributed by atoms with van der Waals surface area (Å²) >= 11 is 0. The zero-order valence-corrected chi connectivity index (χ0v) is 22.7. The Balaban J connectivity index is 1.57. The fourth-order valence-electron chi connectivity index (χ4n) is 4.54. The van der Waals surface area contributed by atoms with Crippen molar-refractivity contribution in [2.45, 2.75) is 32.7 Å². The highest BCUT2D eigenvalue weighted by Gasteiger charge is 2.24. The minimum Gasteiger partial charge on any atom is -0.495 e. The van der Waals surface area contributed by atoms with E-state index in [0.29, 0.717) is 47.9 Å². The molecule has 210 valence electrons. The summed E-state index contributed by atoms with van der Waals surface area (Å²) in [6.45, 7) is 8.95. The highest BCUT2D eigenvalue weighted by Crippen LogP contribution is 2.33. The third kappa shape index (κ3) is 6.20. The number of anilines is 4. The minimum atomic E-state index is -0.714. The molecule has 2 aromatic heterocycles. The number of piperidine rings is 1. The Hall–Kier alpha value is -4.94.